The summed E-state index contributed by atoms with van der Waals surface area (Å²) in [7, 11) is 1.76. The van der Waals surface area contributed by atoms with Gasteiger partial charge in [-0.3, -0.25) is 4.99 Å². The number of fused-ring (bicyclic) bond motifs is 1. The van der Waals surface area contributed by atoms with Crippen LogP contribution in [-0.4, -0.2) is 29.5 Å². The highest BCUT2D eigenvalue weighted by Gasteiger charge is 2.10. The van der Waals surface area contributed by atoms with Gasteiger partial charge in [-0.1, -0.05) is 48.1 Å². The zero-order chi connectivity index (χ0) is 23.5. The van der Waals surface area contributed by atoms with Crippen LogP contribution in [0.25, 0.3) is 10.9 Å². The normalized spacial score (nSPS) is 11.8. The van der Waals surface area contributed by atoms with Gasteiger partial charge in [-0.25, -0.2) is 4.98 Å². The monoisotopic (exact) mass is 441 g/mol. The summed E-state index contributed by atoms with van der Waals surface area (Å²) in [5, 5.41) is 7.63. The number of nitrogens with one attached hydrogen (secondary N) is 2. The van der Waals surface area contributed by atoms with Gasteiger partial charge in [-0.05, 0) is 44.0 Å². The van der Waals surface area contributed by atoms with Crippen LogP contribution in [0.4, 0.5) is 11.8 Å². The number of nitrogens with zero attached hydrogens (tertiary/aromatic N) is 3. The van der Waals surface area contributed by atoms with Crippen molar-refractivity contribution in [1.82, 2.24) is 9.97 Å². The lowest BCUT2D eigenvalue weighted by molar-refractivity contribution is 0.322. The summed E-state index contributed by atoms with van der Waals surface area (Å²) in [5.74, 6) is 2.79. The third kappa shape index (κ3) is 6.77. The number of hydrogen-bond acceptors (Lipinski definition) is 5. The fraction of sp³-hybridized carbons (Fsp3) is 0.222. The van der Waals surface area contributed by atoms with E-state index in [2.05, 4.69) is 28.8 Å². The fourth-order valence-electron chi connectivity index (χ4n) is 3.27. The molecule has 2 aromatic carbocycles. The number of para-hydroxylation sites is 2. The van der Waals surface area contributed by atoms with E-state index in [1.807, 2.05) is 73.7 Å². The molecule has 0 radical (unpaired) electrons. The van der Waals surface area contributed by atoms with Crippen LogP contribution in [-0.2, 0) is 6.54 Å². The Morgan fingerprint density at radius 2 is 1.85 bits per heavy atom. The second-order valence-corrected chi connectivity index (χ2v) is 7.52. The highest BCUT2D eigenvalue weighted by Crippen LogP contribution is 2.24. The number of aromatic nitrogens is 2. The van der Waals surface area contributed by atoms with Crippen molar-refractivity contribution < 1.29 is 4.74 Å². The van der Waals surface area contributed by atoms with Gasteiger partial charge >= 0.3 is 0 Å². The molecule has 0 amide bonds. The Kier molecular flexibility index (Phi) is 8.77. The molecule has 1 heterocycles. The van der Waals surface area contributed by atoms with Crippen molar-refractivity contribution in [2.75, 3.05) is 24.3 Å². The summed E-state index contributed by atoms with van der Waals surface area (Å²) < 4.78 is 5.89. The SMILES string of the molecule is C=CCCOc1ccccc1CNc1nc(NC(/C=C(\C)CC=C)=NC)c2ccccc2n1. The number of rotatable bonds is 11. The van der Waals surface area contributed by atoms with Gasteiger partial charge in [0.15, 0.2) is 0 Å². The van der Waals surface area contributed by atoms with E-state index >= 15 is 0 Å². The van der Waals surface area contributed by atoms with Crippen molar-refractivity contribution in [1.29, 1.82) is 0 Å². The molecule has 0 spiro atoms. The van der Waals surface area contributed by atoms with E-state index in [0.717, 1.165) is 46.5 Å². The molecule has 6 heteroatoms. The first-order valence-electron chi connectivity index (χ1n) is 11.0. The van der Waals surface area contributed by atoms with Crippen LogP contribution in [0, 0.1) is 0 Å². The van der Waals surface area contributed by atoms with E-state index in [-0.39, 0.29) is 0 Å². The lowest BCUT2D eigenvalue weighted by Crippen LogP contribution is -2.13. The van der Waals surface area contributed by atoms with Gasteiger partial charge in [0, 0.05) is 24.5 Å². The number of benzene rings is 2. The van der Waals surface area contributed by atoms with Crippen molar-refractivity contribution in [3.05, 3.63) is 91.1 Å². The molecule has 3 aromatic rings. The van der Waals surface area contributed by atoms with Crippen molar-refractivity contribution in [3.63, 3.8) is 0 Å². The van der Waals surface area contributed by atoms with Gasteiger partial charge in [0.25, 0.3) is 0 Å². The van der Waals surface area contributed by atoms with Crippen molar-refractivity contribution >= 4 is 28.5 Å². The molecule has 6 nitrogen and oxygen atoms in total. The first-order chi connectivity index (χ1) is 16.1. The summed E-state index contributed by atoms with van der Waals surface area (Å²) in [6.45, 7) is 10.7. The first kappa shape index (κ1) is 23.7. The van der Waals surface area contributed by atoms with Crippen molar-refractivity contribution in [3.8, 4) is 5.75 Å². The standard InChI is InChI=1S/C27H31N5O/c1-5-7-17-33-24-16-11-8-13-21(24)19-29-27-30-23-15-10-9-14-22(23)26(32-27)31-25(28-4)18-20(3)12-6-2/h5-6,8-11,13-16,18H,1-2,7,12,17,19H2,3-4H3,(H2,28,29,30,31,32)/b20-18+. The van der Waals surface area contributed by atoms with E-state index in [0.29, 0.717) is 24.9 Å². The highest BCUT2D eigenvalue weighted by atomic mass is 16.5. The summed E-state index contributed by atoms with van der Waals surface area (Å²) in [6, 6.07) is 15.9. The maximum absolute atomic E-state index is 5.89. The molecule has 0 aliphatic heterocycles. The van der Waals surface area contributed by atoms with Crippen LogP contribution in [0.1, 0.15) is 25.3 Å². The molecule has 0 unspecified atom stereocenters. The van der Waals surface area contributed by atoms with E-state index in [4.69, 9.17) is 14.7 Å². The van der Waals surface area contributed by atoms with Crippen LogP contribution < -0.4 is 15.4 Å². The largest absolute Gasteiger partial charge is 0.493 e. The second kappa shape index (κ2) is 12.2. The Morgan fingerprint density at radius 1 is 1.06 bits per heavy atom. The molecule has 0 aliphatic carbocycles. The minimum Gasteiger partial charge on any atom is -0.493 e. The molecule has 0 saturated carbocycles. The van der Waals surface area contributed by atoms with E-state index in [1.54, 1.807) is 7.05 Å². The minimum atomic E-state index is 0.527. The molecule has 0 saturated heterocycles. The molecule has 2 N–H and O–H groups in total. The molecule has 170 valence electrons. The quantitative estimate of drug-likeness (QED) is 0.161. The maximum atomic E-state index is 5.89. The molecular weight excluding hydrogens is 410 g/mol. The summed E-state index contributed by atoms with van der Waals surface area (Å²) in [6.07, 6.45) is 7.32. The molecule has 0 aliphatic rings. The molecular formula is C27H31N5O. The summed E-state index contributed by atoms with van der Waals surface area (Å²) >= 11 is 0. The van der Waals surface area contributed by atoms with Crippen molar-refractivity contribution in [2.45, 2.75) is 26.3 Å². The first-order valence-corrected chi connectivity index (χ1v) is 11.0. The number of allylic oxidation sites excluding steroid dienone is 2. The highest BCUT2D eigenvalue weighted by molar-refractivity contribution is 6.07. The average molecular weight is 442 g/mol. The Labute approximate surface area is 195 Å². The van der Waals surface area contributed by atoms with Gasteiger partial charge in [-0.15, -0.1) is 13.2 Å². The molecule has 1 aromatic heterocycles. The molecule has 3 rings (SSSR count). The van der Waals surface area contributed by atoms with Crippen LogP contribution >= 0.6 is 0 Å². The minimum absolute atomic E-state index is 0.527. The van der Waals surface area contributed by atoms with Crippen LogP contribution in [0.3, 0.4) is 0 Å². The second-order valence-electron chi connectivity index (χ2n) is 7.52. The van der Waals surface area contributed by atoms with E-state index in [1.165, 1.54) is 0 Å². The zero-order valence-electron chi connectivity index (χ0n) is 19.3. The predicted octanol–water partition coefficient (Wildman–Crippen LogP) is 6.16. The van der Waals surface area contributed by atoms with Gasteiger partial charge in [0.1, 0.15) is 17.4 Å². The Bertz CT molecular complexity index is 1170. The number of hydrogen-bond donors (Lipinski definition) is 2. The Morgan fingerprint density at radius 3 is 2.64 bits per heavy atom. The van der Waals surface area contributed by atoms with Gasteiger partial charge in [0.2, 0.25) is 5.95 Å². The van der Waals surface area contributed by atoms with Gasteiger partial charge in [-0.2, -0.15) is 4.98 Å². The zero-order valence-corrected chi connectivity index (χ0v) is 19.3. The molecule has 33 heavy (non-hydrogen) atoms. The number of anilines is 2. The number of ether oxygens (including phenoxy) is 1. The van der Waals surface area contributed by atoms with E-state index in [9.17, 15) is 0 Å². The Hall–Kier alpha value is -3.93. The van der Waals surface area contributed by atoms with Crippen LogP contribution in [0.2, 0.25) is 0 Å². The van der Waals surface area contributed by atoms with Crippen LogP contribution in [0.5, 0.6) is 5.75 Å². The fourth-order valence-corrected chi connectivity index (χ4v) is 3.27. The summed E-state index contributed by atoms with van der Waals surface area (Å²) in [5.41, 5.74) is 3.03. The smallest absolute Gasteiger partial charge is 0.225 e. The Balaban J connectivity index is 1.85. The third-order valence-corrected chi connectivity index (χ3v) is 4.93. The lowest BCUT2D eigenvalue weighted by atomic mass is 10.2. The number of aliphatic imine (C=N–C) groups is 1. The molecule has 0 fully saturated rings. The van der Waals surface area contributed by atoms with Crippen LogP contribution in [0.15, 0.2) is 90.5 Å². The summed E-state index contributed by atoms with van der Waals surface area (Å²) in [4.78, 5) is 13.8. The average Bonchev–Trinajstić information content (AvgIpc) is 2.83. The van der Waals surface area contributed by atoms with Crippen molar-refractivity contribution in [2.24, 2.45) is 4.99 Å². The maximum Gasteiger partial charge on any atom is 0.225 e. The number of amidine groups is 1. The predicted molar refractivity (Wildman–Crippen MR) is 139 cm³/mol. The molecule has 0 atom stereocenters. The lowest BCUT2D eigenvalue weighted by Gasteiger charge is -2.14. The van der Waals surface area contributed by atoms with E-state index < -0.39 is 0 Å². The third-order valence-electron chi connectivity index (χ3n) is 4.93. The topological polar surface area (TPSA) is 71.4 Å². The molecule has 0 bridgehead atoms. The van der Waals surface area contributed by atoms with Gasteiger partial charge in [0.05, 0.1) is 12.1 Å². The van der Waals surface area contributed by atoms with Gasteiger partial charge < -0.3 is 15.4 Å².